The molecule has 8 nitrogen and oxygen atoms in total. The van der Waals surface area contributed by atoms with E-state index in [-0.39, 0.29) is 17.2 Å². The third-order valence-corrected chi connectivity index (χ3v) is 6.56. The van der Waals surface area contributed by atoms with E-state index in [0.717, 1.165) is 55.0 Å². The predicted octanol–water partition coefficient (Wildman–Crippen LogP) is 1.82. The van der Waals surface area contributed by atoms with Crippen LogP contribution in [0.1, 0.15) is 40.0 Å². The van der Waals surface area contributed by atoms with Crippen molar-refractivity contribution in [1.82, 2.24) is 19.4 Å². The van der Waals surface area contributed by atoms with E-state index in [1.165, 1.54) is 0 Å². The third-order valence-electron chi connectivity index (χ3n) is 6.56. The molecule has 1 N–H and O–H groups in total. The molecule has 1 aliphatic carbocycles. The van der Waals surface area contributed by atoms with E-state index in [9.17, 15) is 14.4 Å². The van der Waals surface area contributed by atoms with Crippen molar-refractivity contribution in [2.45, 2.75) is 32.2 Å². The molecule has 0 radical (unpaired) electrons. The molecule has 8 heteroatoms. The maximum Gasteiger partial charge on any atom is 0.328 e. The highest BCUT2D eigenvalue weighted by Crippen LogP contribution is 2.19. The minimum absolute atomic E-state index is 0.00614. The van der Waals surface area contributed by atoms with Gasteiger partial charge in [0.05, 0.1) is 6.54 Å². The lowest BCUT2D eigenvalue weighted by Crippen LogP contribution is -2.49. The number of aromatic nitrogens is 3. The van der Waals surface area contributed by atoms with Crippen LogP contribution in [0.3, 0.4) is 0 Å². The fourth-order valence-electron chi connectivity index (χ4n) is 4.81. The molecule has 0 saturated carbocycles. The molecule has 1 fully saturated rings. The number of hydrogen-bond acceptors (Lipinski definition) is 5. The maximum absolute atomic E-state index is 13.2. The second-order valence-corrected chi connectivity index (χ2v) is 8.65. The Morgan fingerprint density at radius 3 is 2.58 bits per heavy atom. The highest BCUT2D eigenvalue weighted by atomic mass is 16.2. The summed E-state index contributed by atoms with van der Waals surface area (Å²) in [6.45, 7) is 3.08. The second-order valence-electron chi connectivity index (χ2n) is 8.65. The maximum atomic E-state index is 13.2. The quantitative estimate of drug-likeness (QED) is 0.662. The molecule has 33 heavy (non-hydrogen) atoms. The first-order chi connectivity index (χ1) is 16.1. The molecule has 0 atom stereocenters. The summed E-state index contributed by atoms with van der Waals surface area (Å²) in [5, 5.41) is 0. The van der Waals surface area contributed by atoms with Crippen molar-refractivity contribution < 1.29 is 4.79 Å². The number of piperazine rings is 1. The summed E-state index contributed by atoms with van der Waals surface area (Å²) >= 11 is 0. The number of anilines is 1. The fourth-order valence-corrected chi connectivity index (χ4v) is 4.81. The number of H-pyrrole nitrogens is 1. The van der Waals surface area contributed by atoms with Crippen LogP contribution in [0.2, 0.25) is 0 Å². The van der Waals surface area contributed by atoms with E-state index >= 15 is 0 Å². The summed E-state index contributed by atoms with van der Waals surface area (Å²) in [4.78, 5) is 48.8. The molecule has 1 aromatic carbocycles. The number of rotatable bonds is 4. The first kappa shape index (κ1) is 21.2. The van der Waals surface area contributed by atoms with E-state index in [1.54, 1.807) is 10.8 Å². The van der Waals surface area contributed by atoms with Crippen molar-refractivity contribution in [3.8, 4) is 0 Å². The average molecular weight is 446 g/mol. The normalized spacial score (nSPS) is 15.9. The zero-order valence-electron chi connectivity index (χ0n) is 18.5. The zero-order chi connectivity index (χ0) is 22.8. The Bertz CT molecular complexity index is 1270. The van der Waals surface area contributed by atoms with Crippen LogP contribution in [0.25, 0.3) is 0 Å². The standard InChI is InChI=1S/C25H27N5O3/c31-23-20-8-1-2-9-21(20)30(25(33)27-23)17-18-6-5-7-19(16-18)24(32)29-14-12-28(13-15-29)22-10-3-4-11-26-22/h3-7,10-11,16H,1-2,8-9,12-15,17H2,(H,27,31,33). The van der Waals surface area contributed by atoms with E-state index in [4.69, 9.17) is 0 Å². The lowest BCUT2D eigenvalue weighted by Gasteiger charge is -2.35. The summed E-state index contributed by atoms with van der Waals surface area (Å²) < 4.78 is 1.66. The summed E-state index contributed by atoms with van der Waals surface area (Å²) in [5.74, 6) is 0.926. The number of benzene rings is 1. The van der Waals surface area contributed by atoms with Gasteiger partial charge >= 0.3 is 5.69 Å². The van der Waals surface area contributed by atoms with Crippen LogP contribution in [0.5, 0.6) is 0 Å². The van der Waals surface area contributed by atoms with Crippen LogP contribution in [-0.2, 0) is 19.4 Å². The molecule has 0 spiro atoms. The first-order valence-electron chi connectivity index (χ1n) is 11.5. The van der Waals surface area contributed by atoms with Crippen LogP contribution < -0.4 is 16.1 Å². The molecule has 0 unspecified atom stereocenters. The van der Waals surface area contributed by atoms with E-state index < -0.39 is 0 Å². The van der Waals surface area contributed by atoms with Gasteiger partial charge < -0.3 is 9.80 Å². The van der Waals surface area contributed by atoms with Gasteiger partial charge in [-0.25, -0.2) is 9.78 Å². The molecule has 1 aliphatic heterocycles. The Morgan fingerprint density at radius 1 is 0.970 bits per heavy atom. The van der Waals surface area contributed by atoms with Gasteiger partial charge in [0.15, 0.2) is 0 Å². The number of nitrogens with one attached hydrogen (secondary N) is 1. The minimum atomic E-state index is -0.386. The molecule has 5 rings (SSSR count). The van der Waals surface area contributed by atoms with Crippen molar-refractivity contribution >= 4 is 11.7 Å². The van der Waals surface area contributed by atoms with Gasteiger partial charge in [-0.2, -0.15) is 0 Å². The van der Waals surface area contributed by atoms with Gasteiger partial charge in [-0.3, -0.25) is 19.1 Å². The molecular formula is C25H27N5O3. The number of aromatic amines is 1. The molecule has 3 aromatic rings. The Labute approximate surface area is 191 Å². The van der Waals surface area contributed by atoms with E-state index in [0.29, 0.717) is 31.6 Å². The van der Waals surface area contributed by atoms with Crippen molar-refractivity contribution in [2.75, 3.05) is 31.1 Å². The number of hydrogen-bond donors (Lipinski definition) is 1. The number of pyridine rings is 1. The third kappa shape index (κ3) is 4.33. The lowest BCUT2D eigenvalue weighted by atomic mass is 9.96. The van der Waals surface area contributed by atoms with Gasteiger partial charge in [0, 0.05) is 49.2 Å². The monoisotopic (exact) mass is 445 g/mol. The zero-order valence-corrected chi connectivity index (χ0v) is 18.5. The number of carbonyl (C=O) groups excluding carboxylic acids is 1. The van der Waals surface area contributed by atoms with Crippen LogP contribution in [-0.4, -0.2) is 51.5 Å². The molecule has 0 bridgehead atoms. The molecule has 2 aromatic heterocycles. The molecule has 1 amide bonds. The molecule has 3 heterocycles. The molecule has 170 valence electrons. The molecular weight excluding hydrogens is 418 g/mol. The predicted molar refractivity (Wildman–Crippen MR) is 126 cm³/mol. The highest BCUT2D eigenvalue weighted by molar-refractivity contribution is 5.94. The Kier molecular flexibility index (Phi) is 5.81. The van der Waals surface area contributed by atoms with Crippen molar-refractivity contribution in [3.63, 3.8) is 0 Å². The van der Waals surface area contributed by atoms with Crippen LogP contribution in [0.4, 0.5) is 5.82 Å². The number of amides is 1. The smallest absolute Gasteiger partial charge is 0.328 e. The SMILES string of the molecule is O=C(c1cccc(Cn2c3c(c(=O)[nH]c2=O)CCCC3)c1)N1CCN(c2ccccn2)CC1. The number of fused-ring (bicyclic) bond motifs is 1. The van der Waals surface area contributed by atoms with Crippen molar-refractivity contribution in [3.05, 3.63) is 91.9 Å². The van der Waals surface area contributed by atoms with E-state index in [2.05, 4.69) is 14.9 Å². The van der Waals surface area contributed by atoms with Gasteiger partial charge in [0.25, 0.3) is 11.5 Å². The summed E-state index contributed by atoms with van der Waals surface area (Å²) in [7, 11) is 0. The topological polar surface area (TPSA) is 91.3 Å². The van der Waals surface area contributed by atoms with Gasteiger partial charge in [-0.1, -0.05) is 18.2 Å². The molecule has 2 aliphatic rings. The second kappa shape index (κ2) is 9.05. The van der Waals surface area contributed by atoms with Gasteiger partial charge in [0.1, 0.15) is 5.82 Å². The van der Waals surface area contributed by atoms with Crippen LogP contribution in [0.15, 0.2) is 58.3 Å². The number of carbonyl (C=O) groups is 1. The minimum Gasteiger partial charge on any atom is -0.353 e. The fraction of sp³-hybridized carbons (Fsp3) is 0.360. The lowest BCUT2D eigenvalue weighted by molar-refractivity contribution is 0.0746. The van der Waals surface area contributed by atoms with Crippen LogP contribution in [0, 0.1) is 0 Å². The highest BCUT2D eigenvalue weighted by Gasteiger charge is 2.23. The summed E-state index contributed by atoms with van der Waals surface area (Å²) in [6, 6.07) is 13.3. The van der Waals surface area contributed by atoms with Gasteiger partial charge in [-0.15, -0.1) is 0 Å². The Balaban J connectivity index is 1.32. The average Bonchev–Trinajstić information content (AvgIpc) is 2.87. The van der Waals surface area contributed by atoms with Gasteiger partial charge in [0.2, 0.25) is 0 Å². The van der Waals surface area contributed by atoms with Crippen LogP contribution >= 0.6 is 0 Å². The largest absolute Gasteiger partial charge is 0.353 e. The number of nitrogens with zero attached hydrogens (tertiary/aromatic N) is 4. The Morgan fingerprint density at radius 2 is 1.79 bits per heavy atom. The van der Waals surface area contributed by atoms with E-state index in [1.807, 2.05) is 47.4 Å². The summed E-state index contributed by atoms with van der Waals surface area (Å²) in [6.07, 6.45) is 5.15. The summed E-state index contributed by atoms with van der Waals surface area (Å²) in [5.41, 5.74) is 2.39. The van der Waals surface area contributed by atoms with Crippen molar-refractivity contribution in [1.29, 1.82) is 0 Å². The van der Waals surface area contributed by atoms with Gasteiger partial charge in [-0.05, 0) is 55.5 Å². The van der Waals surface area contributed by atoms with Crippen molar-refractivity contribution in [2.24, 2.45) is 0 Å². The Hall–Kier alpha value is -3.68. The first-order valence-corrected chi connectivity index (χ1v) is 11.5. The molecule has 1 saturated heterocycles.